The van der Waals surface area contributed by atoms with E-state index in [9.17, 15) is 0 Å². The molecule has 0 aliphatic carbocycles. The Labute approximate surface area is 115 Å². The normalized spacial score (nSPS) is 11.2. The van der Waals surface area contributed by atoms with Crippen molar-refractivity contribution in [1.82, 2.24) is 19.7 Å². The summed E-state index contributed by atoms with van der Waals surface area (Å²) >= 11 is 3.45. The zero-order valence-corrected chi connectivity index (χ0v) is 12.3. The number of hydrogen-bond donors (Lipinski definition) is 1. The minimum absolute atomic E-state index is 0.469. The topological polar surface area (TPSA) is 69.6 Å². The van der Waals surface area contributed by atoms with Gasteiger partial charge in [0.15, 0.2) is 5.82 Å². The van der Waals surface area contributed by atoms with Crippen LogP contribution in [0.15, 0.2) is 16.7 Å². The highest BCUT2D eigenvalue weighted by atomic mass is 79.9. The maximum atomic E-state index is 5.93. The maximum Gasteiger partial charge on any atom is 0.180 e. The van der Waals surface area contributed by atoms with E-state index in [1.165, 1.54) is 0 Å². The van der Waals surface area contributed by atoms with E-state index in [-0.39, 0.29) is 0 Å². The lowest BCUT2D eigenvalue weighted by Gasteiger charge is -2.10. The van der Waals surface area contributed by atoms with Crippen LogP contribution in [-0.2, 0) is 13.5 Å². The molecule has 0 radical (unpaired) electrons. The lowest BCUT2D eigenvalue weighted by molar-refractivity contribution is 0.632. The zero-order valence-electron chi connectivity index (χ0n) is 10.7. The van der Waals surface area contributed by atoms with Gasteiger partial charge in [-0.3, -0.25) is 4.68 Å². The van der Waals surface area contributed by atoms with Gasteiger partial charge in [-0.25, -0.2) is 9.97 Å². The van der Waals surface area contributed by atoms with Crippen molar-refractivity contribution in [2.75, 3.05) is 5.73 Å². The molecular formula is C12H16BrN5. The van der Waals surface area contributed by atoms with E-state index < -0.39 is 0 Å². The standard InChI is InChI=1S/C12H16BrN5/c1-7(2)6-8-10(13)11(14)17-12(16-8)9-4-5-15-18(9)3/h4-5,7H,6H2,1-3H3,(H2,14,16,17). The molecule has 2 heterocycles. The van der Waals surface area contributed by atoms with Crippen LogP contribution in [0.1, 0.15) is 19.5 Å². The molecule has 2 rings (SSSR count). The molecular weight excluding hydrogens is 294 g/mol. The third-order valence-corrected chi connectivity index (χ3v) is 3.46. The van der Waals surface area contributed by atoms with E-state index in [1.807, 2.05) is 13.1 Å². The number of anilines is 1. The average molecular weight is 310 g/mol. The minimum Gasteiger partial charge on any atom is -0.383 e. The van der Waals surface area contributed by atoms with Gasteiger partial charge in [-0.1, -0.05) is 13.8 Å². The number of halogens is 1. The van der Waals surface area contributed by atoms with E-state index in [2.05, 4.69) is 44.8 Å². The monoisotopic (exact) mass is 309 g/mol. The van der Waals surface area contributed by atoms with Crippen LogP contribution >= 0.6 is 15.9 Å². The van der Waals surface area contributed by atoms with Crippen molar-refractivity contribution in [2.24, 2.45) is 13.0 Å². The molecule has 0 aromatic carbocycles. The second-order valence-corrected chi connectivity index (χ2v) is 5.42. The third kappa shape index (κ3) is 2.53. The zero-order chi connectivity index (χ0) is 13.3. The molecule has 0 fully saturated rings. The molecule has 0 aliphatic heterocycles. The number of nitrogen functional groups attached to an aromatic ring is 1. The van der Waals surface area contributed by atoms with Crippen molar-refractivity contribution >= 4 is 21.7 Å². The predicted octanol–water partition coefficient (Wildman–Crippen LogP) is 2.42. The quantitative estimate of drug-likeness (QED) is 0.945. The van der Waals surface area contributed by atoms with Crippen molar-refractivity contribution in [3.05, 3.63) is 22.4 Å². The lowest BCUT2D eigenvalue weighted by Crippen LogP contribution is -2.07. The van der Waals surface area contributed by atoms with Crippen LogP contribution in [0, 0.1) is 5.92 Å². The fourth-order valence-corrected chi connectivity index (χ4v) is 2.08. The Balaban J connectivity index is 2.51. The Kier molecular flexibility index (Phi) is 3.65. The molecule has 0 saturated heterocycles. The second kappa shape index (κ2) is 5.06. The summed E-state index contributed by atoms with van der Waals surface area (Å²) in [5.74, 6) is 1.60. The molecule has 0 bridgehead atoms. The van der Waals surface area contributed by atoms with E-state index in [4.69, 9.17) is 5.73 Å². The van der Waals surface area contributed by atoms with Crippen LogP contribution in [0.4, 0.5) is 5.82 Å². The Morgan fingerprint density at radius 3 is 2.67 bits per heavy atom. The predicted molar refractivity (Wildman–Crippen MR) is 74.9 cm³/mol. The molecule has 0 atom stereocenters. The van der Waals surface area contributed by atoms with Crippen molar-refractivity contribution in [1.29, 1.82) is 0 Å². The fourth-order valence-electron chi connectivity index (χ4n) is 1.74. The van der Waals surface area contributed by atoms with Gasteiger partial charge in [0.1, 0.15) is 11.5 Å². The fraction of sp³-hybridized carbons (Fsp3) is 0.417. The molecule has 2 aromatic rings. The summed E-state index contributed by atoms with van der Waals surface area (Å²) in [5.41, 5.74) is 7.72. The van der Waals surface area contributed by atoms with Gasteiger partial charge in [0.25, 0.3) is 0 Å². The molecule has 0 aliphatic rings. The SMILES string of the molecule is CC(C)Cc1nc(-c2ccnn2C)nc(N)c1Br. The highest BCUT2D eigenvalue weighted by molar-refractivity contribution is 9.10. The Bertz CT molecular complexity index is 562. The van der Waals surface area contributed by atoms with Gasteiger partial charge in [0.05, 0.1) is 10.2 Å². The van der Waals surface area contributed by atoms with Crippen LogP contribution in [-0.4, -0.2) is 19.7 Å². The van der Waals surface area contributed by atoms with Gasteiger partial charge >= 0.3 is 0 Å². The van der Waals surface area contributed by atoms with E-state index in [0.29, 0.717) is 17.6 Å². The van der Waals surface area contributed by atoms with E-state index in [1.54, 1.807) is 10.9 Å². The number of rotatable bonds is 3. The van der Waals surface area contributed by atoms with Gasteiger partial charge in [0, 0.05) is 13.2 Å². The first-order valence-corrected chi connectivity index (χ1v) is 6.58. The van der Waals surface area contributed by atoms with E-state index in [0.717, 1.165) is 22.3 Å². The molecule has 0 unspecified atom stereocenters. The maximum absolute atomic E-state index is 5.93. The Hall–Kier alpha value is -1.43. The molecule has 0 saturated carbocycles. The third-order valence-electron chi connectivity index (χ3n) is 2.60. The molecule has 6 heteroatoms. The van der Waals surface area contributed by atoms with Crippen molar-refractivity contribution < 1.29 is 0 Å². The highest BCUT2D eigenvalue weighted by Gasteiger charge is 2.14. The molecule has 0 amide bonds. The molecule has 0 spiro atoms. The van der Waals surface area contributed by atoms with Gasteiger partial charge in [-0.15, -0.1) is 0 Å². The summed E-state index contributed by atoms with van der Waals surface area (Å²) < 4.78 is 2.53. The Morgan fingerprint density at radius 1 is 1.39 bits per heavy atom. The van der Waals surface area contributed by atoms with Crippen LogP contribution < -0.4 is 5.73 Å². The van der Waals surface area contributed by atoms with Gasteiger partial charge < -0.3 is 5.73 Å². The number of aryl methyl sites for hydroxylation is 1. The van der Waals surface area contributed by atoms with Crippen LogP contribution in [0.3, 0.4) is 0 Å². The number of nitrogens with two attached hydrogens (primary N) is 1. The van der Waals surface area contributed by atoms with Gasteiger partial charge in [-0.2, -0.15) is 5.10 Å². The minimum atomic E-state index is 0.469. The average Bonchev–Trinajstić information content (AvgIpc) is 2.70. The second-order valence-electron chi connectivity index (χ2n) is 4.63. The van der Waals surface area contributed by atoms with E-state index >= 15 is 0 Å². The molecule has 2 aromatic heterocycles. The van der Waals surface area contributed by atoms with Crippen LogP contribution in [0.2, 0.25) is 0 Å². The molecule has 2 N–H and O–H groups in total. The summed E-state index contributed by atoms with van der Waals surface area (Å²) in [6.07, 6.45) is 2.58. The summed E-state index contributed by atoms with van der Waals surface area (Å²) in [4.78, 5) is 8.88. The number of hydrogen-bond acceptors (Lipinski definition) is 4. The number of aromatic nitrogens is 4. The van der Waals surface area contributed by atoms with Crippen molar-refractivity contribution in [3.8, 4) is 11.5 Å². The number of nitrogens with zero attached hydrogens (tertiary/aromatic N) is 4. The summed E-state index contributed by atoms with van der Waals surface area (Å²) in [6.45, 7) is 4.29. The summed E-state index contributed by atoms with van der Waals surface area (Å²) in [7, 11) is 1.86. The largest absolute Gasteiger partial charge is 0.383 e. The Morgan fingerprint density at radius 2 is 2.11 bits per heavy atom. The van der Waals surface area contributed by atoms with Crippen LogP contribution in [0.25, 0.3) is 11.5 Å². The molecule has 5 nitrogen and oxygen atoms in total. The molecule has 96 valence electrons. The first-order valence-electron chi connectivity index (χ1n) is 5.79. The molecule has 18 heavy (non-hydrogen) atoms. The van der Waals surface area contributed by atoms with Crippen LogP contribution in [0.5, 0.6) is 0 Å². The lowest BCUT2D eigenvalue weighted by atomic mass is 10.1. The first-order chi connectivity index (χ1) is 8.49. The van der Waals surface area contributed by atoms with Gasteiger partial charge in [-0.05, 0) is 34.3 Å². The first kappa shape index (κ1) is 13.0. The summed E-state index contributed by atoms with van der Waals surface area (Å²) in [5, 5.41) is 4.12. The van der Waals surface area contributed by atoms with Crippen molar-refractivity contribution in [3.63, 3.8) is 0 Å². The smallest absolute Gasteiger partial charge is 0.180 e. The summed E-state index contributed by atoms with van der Waals surface area (Å²) in [6, 6.07) is 1.88. The van der Waals surface area contributed by atoms with Crippen molar-refractivity contribution in [2.45, 2.75) is 20.3 Å². The van der Waals surface area contributed by atoms with Gasteiger partial charge in [0.2, 0.25) is 0 Å². The highest BCUT2D eigenvalue weighted by Crippen LogP contribution is 2.26.